The third-order valence-electron chi connectivity index (χ3n) is 14.6. The summed E-state index contributed by atoms with van der Waals surface area (Å²) < 4.78 is 10.8. The van der Waals surface area contributed by atoms with Gasteiger partial charge in [-0.3, -0.25) is 62.8 Å². The van der Waals surface area contributed by atoms with E-state index in [1.165, 1.54) is 32.1 Å². The van der Waals surface area contributed by atoms with E-state index in [4.69, 9.17) is 9.47 Å². The Morgan fingerprint density at radius 1 is 0.583 bits per heavy atom. The number of carboxylic acids is 6. The summed E-state index contributed by atoms with van der Waals surface area (Å²) in [5.41, 5.74) is -1.07. The van der Waals surface area contributed by atoms with Crippen molar-refractivity contribution in [3.63, 3.8) is 0 Å². The first-order valence-electron chi connectivity index (χ1n) is 29.9. The van der Waals surface area contributed by atoms with Crippen molar-refractivity contribution in [1.82, 2.24) is 61.5 Å². The summed E-state index contributed by atoms with van der Waals surface area (Å²) in [6.07, 6.45) is 1.09. The number of carbonyl (C=O) groups excluding carboxylic acids is 10. The fourth-order valence-electron chi connectivity index (χ4n) is 9.58. The maximum Gasteiger partial charge on any atom is 3.00 e. The number of ether oxygens (including phenoxy) is 2. The second-order valence-electron chi connectivity index (χ2n) is 21.8. The van der Waals surface area contributed by atoms with E-state index in [-0.39, 0.29) is 168 Å². The van der Waals surface area contributed by atoms with Crippen molar-refractivity contribution in [2.75, 3.05) is 135 Å². The van der Waals surface area contributed by atoms with Gasteiger partial charge < -0.3 is 117 Å². The van der Waals surface area contributed by atoms with E-state index in [0.29, 0.717) is 5.56 Å². The van der Waals surface area contributed by atoms with Crippen LogP contribution in [0.4, 0.5) is 11.4 Å². The number of nitrogens with zero attached hydrogens (tertiary/aromatic N) is 5. The Morgan fingerprint density at radius 2 is 1.06 bits per heavy atom. The molecular weight excluding hydrogens is 1420 g/mol. The van der Waals surface area contributed by atoms with Crippen molar-refractivity contribution >= 4 is 82.6 Å². The molecule has 0 spiro atoms. The summed E-state index contributed by atoms with van der Waals surface area (Å²) in [6.45, 7) is -3.56. The second kappa shape index (κ2) is 43.0. The molecule has 1 saturated heterocycles. The number of aromatic nitrogens is 2. The summed E-state index contributed by atoms with van der Waals surface area (Å²) in [5, 5.41) is 105. The van der Waals surface area contributed by atoms with Crippen molar-refractivity contribution < 1.29 is 148 Å². The number of anilines is 2. The van der Waals surface area contributed by atoms with E-state index >= 15 is 0 Å². The maximum absolute atomic E-state index is 13.8. The van der Waals surface area contributed by atoms with Gasteiger partial charge in [0.05, 0.1) is 69.7 Å². The Hall–Kier alpha value is -8.25. The van der Waals surface area contributed by atoms with Gasteiger partial charge in [0.2, 0.25) is 35.4 Å². The van der Waals surface area contributed by atoms with Gasteiger partial charge in [0.25, 0.3) is 10.9 Å². The van der Waals surface area contributed by atoms with Crippen LogP contribution in [0.2, 0.25) is 0 Å². The van der Waals surface area contributed by atoms with Crippen molar-refractivity contribution in [2.45, 2.75) is 81.3 Å². The average Bonchev–Trinajstić information content (AvgIpc) is 0.884. The van der Waals surface area contributed by atoms with Crippen LogP contribution in [-0.4, -0.2) is 288 Å². The van der Waals surface area contributed by atoms with Gasteiger partial charge >= 0.3 is 51.9 Å². The molecule has 1 aliphatic heterocycles. The van der Waals surface area contributed by atoms with Gasteiger partial charge in [-0.2, -0.15) is 0 Å². The first-order chi connectivity index (χ1) is 45.2. The number of aliphatic hydroxyl groups excluding tert-OH is 2. The van der Waals surface area contributed by atoms with Crippen LogP contribution in [0.1, 0.15) is 37.4 Å². The third kappa shape index (κ3) is 29.4. The third-order valence-corrected chi connectivity index (χ3v) is 14.6. The number of benzene rings is 1. The number of aliphatic hydroxyl groups is 2. The molecule has 1 fully saturated rings. The minimum Gasteiger partial charge on any atom is -0.549 e. The molecule has 1 aromatic heterocycles. The van der Waals surface area contributed by atoms with Crippen LogP contribution < -0.4 is 73.8 Å². The number of carboxylic acid groups (broad SMARTS) is 6. The number of carbonyl (C=O) groups is 12. The minimum absolute atomic E-state index is 0. The zero-order valence-electron chi connectivity index (χ0n) is 52.1. The SMILES string of the molecule is C[C@H](NC(=O)[C@H](CC(=O)O)NC(=O)COCCOCCNc1c(NCCCC(C(=O)[O-])N2CCN(CC(=O)[O-])CCN(CC(=O)[O-])CCN(CC(=O)[O-])CC2)c(=O)c1=O)C(=O)N[C@@H](Cc1cnc[nH]1)C(=O)N[C@@H](CO)C(=O)N[C@@H](Cc1ccccc1)C(=O)N[C@@H](CO)C(=O)O.[Gd+3]. The summed E-state index contributed by atoms with van der Waals surface area (Å²) in [4.78, 5) is 188. The summed E-state index contributed by atoms with van der Waals surface area (Å²) in [7, 11) is 0. The van der Waals surface area contributed by atoms with Crippen LogP contribution in [0.5, 0.6) is 0 Å². The molecule has 0 saturated carbocycles. The van der Waals surface area contributed by atoms with Gasteiger partial charge in [-0.05, 0) is 25.3 Å². The van der Waals surface area contributed by atoms with Gasteiger partial charge in [-0.15, -0.1) is 0 Å². The van der Waals surface area contributed by atoms with E-state index in [0.717, 1.165) is 6.92 Å². The fourth-order valence-corrected chi connectivity index (χ4v) is 9.58. The van der Waals surface area contributed by atoms with Crippen LogP contribution in [0.15, 0.2) is 52.4 Å². The number of hydrogen-bond acceptors (Lipinski definition) is 29. The van der Waals surface area contributed by atoms with E-state index in [9.17, 15) is 108 Å². The van der Waals surface area contributed by atoms with Crippen molar-refractivity contribution in [3.8, 4) is 0 Å². The predicted octanol–water partition coefficient (Wildman–Crippen LogP) is -12.8. The normalized spacial score (nSPS) is 15.7. The van der Waals surface area contributed by atoms with E-state index in [1.54, 1.807) is 30.3 Å². The molecule has 13 N–H and O–H groups in total. The molecule has 529 valence electrons. The van der Waals surface area contributed by atoms with Gasteiger partial charge in [-0.25, -0.2) is 9.78 Å². The van der Waals surface area contributed by atoms with Crippen molar-refractivity contribution in [2.24, 2.45) is 0 Å². The number of amides is 6. The molecular formula is C57H78GdN14O24-. The summed E-state index contributed by atoms with van der Waals surface area (Å²) in [5.74, 6) is -15.2. The molecule has 38 nitrogen and oxygen atoms in total. The monoisotopic (exact) mass is 1500 g/mol. The second-order valence-corrected chi connectivity index (χ2v) is 21.8. The molecule has 0 aliphatic carbocycles. The number of rotatable bonds is 42. The number of H-pyrrole nitrogens is 1. The molecule has 3 aromatic rings. The van der Waals surface area contributed by atoms with E-state index in [1.807, 2.05) is 0 Å². The minimum atomic E-state index is -1.78. The van der Waals surface area contributed by atoms with Gasteiger partial charge in [0.15, 0.2) is 0 Å². The van der Waals surface area contributed by atoms with Crippen LogP contribution in [0.3, 0.4) is 0 Å². The van der Waals surface area contributed by atoms with Gasteiger partial charge in [0, 0.05) is 116 Å². The van der Waals surface area contributed by atoms with E-state index in [2.05, 4.69) is 52.5 Å². The molecule has 4 rings (SSSR count). The Kier molecular flexibility index (Phi) is 36.8. The molecule has 0 bridgehead atoms. The molecule has 1 aliphatic rings. The molecule has 1 radical (unpaired) electrons. The maximum atomic E-state index is 13.8. The largest absolute Gasteiger partial charge is 3.00 e. The molecule has 6 amide bonds. The topological polar surface area (TPSA) is 568 Å². The molecule has 96 heavy (non-hydrogen) atoms. The zero-order valence-corrected chi connectivity index (χ0v) is 54.4. The Balaban J connectivity index is 0.0000240. The molecule has 1 unspecified atom stereocenters. The number of hydrogen-bond donors (Lipinski definition) is 13. The first kappa shape index (κ1) is 82.0. The average molecular weight is 1500 g/mol. The van der Waals surface area contributed by atoms with Crippen LogP contribution in [0, 0.1) is 39.9 Å². The number of aromatic amines is 1. The van der Waals surface area contributed by atoms with Gasteiger partial charge in [-0.1, -0.05) is 30.3 Å². The number of imidazole rings is 1. The Morgan fingerprint density at radius 3 is 1.56 bits per heavy atom. The predicted molar refractivity (Wildman–Crippen MR) is 318 cm³/mol. The summed E-state index contributed by atoms with van der Waals surface area (Å²) >= 11 is 0. The smallest absolute Gasteiger partial charge is 0.549 e. The van der Waals surface area contributed by atoms with E-state index < -0.39 is 170 Å². The molecule has 39 heteroatoms. The first-order valence-corrected chi connectivity index (χ1v) is 29.9. The van der Waals surface area contributed by atoms with Gasteiger partial charge in [0.1, 0.15) is 54.2 Å². The quantitative estimate of drug-likeness (QED) is 0.0185. The van der Waals surface area contributed by atoms with Crippen molar-refractivity contribution in [3.05, 3.63) is 74.6 Å². The van der Waals surface area contributed by atoms with Crippen LogP contribution in [-0.2, 0) is 79.8 Å². The molecule has 2 aromatic carbocycles. The molecule has 7 atom stereocenters. The summed E-state index contributed by atoms with van der Waals surface area (Å²) in [6, 6.07) is -3.02. The standard InChI is InChI=1S/C57H82N14O24.Gd/c1-33(51(85)64-37(23-35-25-58-32-61-35)54(88)66-39(29-72)55(89)65-36(22-34-6-3-2-4-7-34)53(87)67-40(30-73)56(90)91)62-52(86)38(24-43(75)76)63-42(74)31-95-21-20-94-19-10-60-48-47(49(83)50(48)84)59-9-5-8-41(57(92)93)71-17-15-69(27-45(79)80)13-11-68(26-44(77)78)12-14-70(16-18-71)28-46(81)82;/h2-4,6-7,25,32-33,36-41,59-60,72-73H,5,8-24,26-31H2,1H3,(H,58,61)(H,62,86)(H,63,74)(H,64,85)(H,65,89)(H,66,88)(H,67,87)(H,75,76)(H,77,78)(H,79,80)(H,81,82)(H,90,91)(H,92,93);/q;+3/p-4/t33-,36-,37-,38-,39-,40-,41?;/m0./s1. The number of aliphatic carboxylic acids is 6. The van der Waals surface area contributed by atoms with Crippen molar-refractivity contribution in [1.29, 1.82) is 0 Å². The number of nitrogens with one attached hydrogen (secondary N) is 9. The van der Waals surface area contributed by atoms with Crippen LogP contribution >= 0.6 is 0 Å². The Labute approximate surface area is 579 Å². The Bertz CT molecular complexity index is 3110. The van der Waals surface area contributed by atoms with Crippen LogP contribution in [0.25, 0.3) is 0 Å². The zero-order chi connectivity index (χ0) is 70.1. The fraction of sp³-hybridized carbons (Fsp3) is 0.561. The molecule has 2 heterocycles.